The van der Waals surface area contributed by atoms with Crippen molar-refractivity contribution in [3.05, 3.63) is 11.1 Å². The fourth-order valence-corrected chi connectivity index (χ4v) is 3.54. The first-order chi connectivity index (χ1) is 9.45. The number of thiazole rings is 1. The third-order valence-corrected chi connectivity index (χ3v) is 5.04. The van der Waals surface area contributed by atoms with Crippen molar-refractivity contribution in [2.75, 3.05) is 25.4 Å². The van der Waals surface area contributed by atoms with Gasteiger partial charge in [-0.2, -0.15) is 0 Å². The van der Waals surface area contributed by atoms with Crippen molar-refractivity contribution in [3.8, 4) is 0 Å². The largest absolute Gasteiger partial charge is 0.375 e. The van der Waals surface area contributed by atoms with E-state index < -0.39 is 0 Å². The first-order valence-corrected chi connectivity index (χ1v) is 8.01. The second kappa shape index (κ2) is 5.00. The highest BCUT2D eigenvalue weighted by Gasteiger charge is 2.40. The first kappa shape index (κ1) is 13.8. The van der Waals surface area contributed by atoms with Gasteiger partial charge in [0.05, 0.1) is 0 Å². The number of carbonyl (C=O) groups is 1. The summed E-state index contributed by atoms with van der Waals surface area (Å²) >= 11 is 1.55. The maximum absolute atomic E-state index is 12.2. The minimum atomic E-state index is 0.00154. The Morgan fingerprint density at radius 3 is 2.80 bits per heavy atom. The number of aromatic nitrogens is 1. The predicted octanol–water partition coefficient (Wildman–Crippen LogP) is 1.56. The molecule has 3 rings (SSSR count). The van der Waals surface area contributed by atoms with Crippen molar-refractivity contribution >= 4 is 22.4 Å². The van der Waals surface area contributed by atoms with E-state index in [4.69, 9.17) is 5.73 Å². The van der Waals surface area contributed by atoms with E-state index in [1.54, 1.807) is 11.3 Å². The molecular formula is C14H22N4OS. The summed E-state index contributed by atoms with van der Waals surface area (Å²) in [5.41, 5.74) is 5.69. The van der Waals surface area contributed by atoms with Crippen molar-refractivity contribution < 1.29 is 4.79 Å². The Kier molecular flexibility index (Phi) is 3.46. The van der Waals surface area contributed by atoms with Crippen LogP contribution in [0, 0.1) is 5.92 Å². The van der Waals surface area contributed by atoms with Gasteiger partial charge in [0.1, 0.15) is 0 Å². The number of nitrogens with zero attached hydrogens (tertiary/aromatic N) is 3. The Hall–Kier alpha value is -1.14. The minimum Gasteiger partial charge on any atom is -0.375 e. The lowest BCUT2D eigenvalue weighted by molar-refractivity contribution is -0.137. The molecule has 2 heterocycles. The molecule has 0 radical (unpaired) electrons. The number of carbonyl (C=O) groups excluding carboxylic acids is 1. The first-order valence-electron chi connectivity index (χ1n) is 7.20. The van der Waals surface area contributed by atoms with Gasteiger partial charge < -0.3 is 10.6 Å². The summed E-state index contributed by atoms with van der Waals surface area (Å²) in [7, 11) is 0. The standard InChI is InChI=1S/C14H22N4OS/c1-14(2)9-17(12(19)10-3-4-10)5-6-18(14)8-11-7-16-13(15)20-11/h7,10H,3-6,8-9H2,1-2H3,(H2,15,16). The topological polar surface area (TPSA) is 62.5 Å². The summed E-state index contributed by atoms with van der Waals surface area (Å²) < 4.78 is 0. The molecule has 110 valence electrons. The Morgan fingerprint density at radius 2 is 2.25 bits per heavy atom. The number of rotatable bonds is 3. The minimum absolute atomic E-state index is 0.00154. The van der Waals surface area contributed by atoms with Crippen LogP contribution in [0.1, 0.15) is 31.6 Å². The van der Waals surface area contributed by atoms with E-state index >= 15 is 0 Å². The molecule has 5 nitrogen and oxygen atoms in total. The molecule has 1 saturated heterocycles. The van der Waals surface area contributed by atoms with E-state index in [9.17, 15) is 4.79 Å². The van der Waals surface area contributed by atoms with Crippen LogP contribution in [0.15, 0.2) is 6.20 Å². The molecule has 6 heteroatoms. The zero-order valence-corrected chi connectivity index (χ0v) is 12.9. The van der Waals surface area contributed by atoms with E-state index in [1.165, 1.54) is 4.88 Å². The molecule has 0 aromatic carbocycles. The molecule has 1 aromatic rings. The smallest absolute Gasteiger partial charge is 0.225 e. The number of hydrogen-bond donors (Lipinski definition) is 1. The molecule has 2 N–H and O–H groups in total. The summed E-state index contributed by atoms with van der Waals surface area (Å²) in [5.74, 6) is 0.679. The van der Waals surface area contributed by atoms with Gasteiger partial charge in [0.2, 0.25) is 5.91 Å². The van der Waals surface area contributed by atoms with Gasteiger partial charge in [-0.3, -0.25) is 9.69 Å². The second-order valence-corrected chi connectivity index (χ2v) is 7.58. The van der Waals surface area contributed by atoms with Crippen LogP contribution in [0.3, 0.4) is 0 Å². The molecular weight excluding hydrogens is 272 g/mol. The Labute approximate surface area is 123 Å². The zero-order chi connectivity index (χ0) is 14.3. The third-order valence-electron chi connectivity index (χ3n) is 4.23. The lowest BCUT2D eigenvalue weighted by Gasteiger charge is -2.47. The SMILES string of the molecule is CC1(C)CN(C(=O)C2CC2)CCN1Cc1cnc(N)s1. The van der Waals surface area contributed by atoms with Crippen LogP contribution in [-0.4, -0.2) is 45.9 Å². The highest BCUT2D eigenvalue weighted by atomic mass is 32.1. The predicted molar refractivity (Wildman–Crippen MR) is 80.3 cm³/mol. The molecule has 0 unspecified atom stereocenters. The summed E-state index contributed by atoms with van der Waals surface area (Å²) in [6.45, 7) is 7.87. The average Bonchev–Trinajstić information content (AvgIpc) is 3.15. The van der Waals surface area contributed by atoms with Gasteiger partial charge in [0, 0.05) is 48.7 Å². The summed E-state index contributed by atoms with van der Waals surface area (Å²) in [6, 6.07) is 0. The van der Waals surface area contributed by atoms with Crippen LogP contribution in [0.5, 0.6) is 0 Å². The molecule has 20 heavy (non-hydrogen) atoms. The van der Waals surface area contributed by atoms with Gasteiger partial charge in [-0.25, -0.2) is 4.98 Å². The highest BCUT2D eigenvalue weighted by molar-refractivity contribution is 7.15. The number of amides is 1. The van der Waals surface area contributed by atoms with E-state index in [0.29, 0.717) is 17.0 Å². The van der Waals surface area contributed by atoms with Crippen molar-refractivity contribution in [1.82, 2.24) is 14.8 Å². The van der Waals surface area contributed by atoms with Crippen molar-refractivity contribution in [2.45, 2.75) is 38.8 Å². The van der Waals surface area contributed by atoms with Gasteiger partial charge >= 0.3 is 0 Å². The molecule has 1 aliphatic heterocycles. The quantitative estimate of drug-likeness (QED) is 0.919. The molecule has 0 atom stereocenters. The fraction of sp³-hybridized carbons (Fsp3) is 0.714. The highest BCUT2D eigenvalue weighted by Crippen LogP contribution is 2.33. The lowest BCUT2D eigenvalue weighted by Crippen LogP contribution is -2.60. The van der Waals surface area contributed by atoms with Gasteiger partial charge in [-0.1, -0.05) is 0 Å². The number of nitrogens with two attached hydrogens (primary N) is 1. The molecule has 2 aliphatic rings. The van der Waals surface area contributed by atoms with Crippen LogP contribution in [0.25, 0.3) is 0 Å². The number of nitrogen functional groups attached to an aromatic ring is 1. The van der Waals surface area contributed by atoms with Crippen molar-refractivity contribution in [1.29, 1.82) is 0 Å². The summed E-state index contributed by atoms with van der Waals surface area (Å²) in [6.07, 6.45) is 4.02. The maximum Gasteiger partial charge on any atom is 0.225 e. The monoisotopic (exact) mass is 294 g/mol. The molecule has 1 aromatic heterocycles. The summed E-state index contributed by atoms with van der Waals surface area (Å²) in [5, 5.41) is 0.625. The number of anilines is 1. The Bertz CT molecular complexity index is 509. The van der Waals surface area contributed by atoms with E-state index in [2.05, 4.69) is 28.6 Å². The lowest BCUT2D eigenvalue weighted by atomic mass is 9.98. The molecule has 0 spiro atoms. The van der Waals surface area contributed by atoms with Crippen LogP contribution in [0.4, 0.5) is 5.13 Å². The zero-order valence-electron chi connectivity index (χ0n) is 12.1. The fourth-order valence-electron chi connectivity index (χ4n) is 2.84. The maximum atomic E-state index is 12.2. The third kappa shape index (κ3) is 2.81. The van der Waals surface area contributed by atoms with E-state index in [1.807, 2.05) is 6.20 Å². The normalized spacial score (nSPS) is 23.0. The Morgan fingerprint density at radius 1 is 1.50 bits per heavy atom. The number of hydrogen-bond acceptors (Lipinski definition) is 5. The van der Waals surface area contributed by atoms with E-state index in [0.717, 1.165) is 39.0 Å². The Balaban J connectivity index is 1.64. The molecule has 2 fully saturated rings. The van der Waals surface area contributed by atoms with Gasteiger partial charge in [0.25, 0.3) is 0 Å². The molecule has 1 amide bonds. The van der Waals surface area contributed by atoms with E-state index in [-0.39, 0.29) is 5.54 Å². The molecule has 1 aliphatic carbocycles. The molecule has 1 saturated carbocycles. The molecule has 0 bridgehead atoms. The van der Waals surface area contributed by atoms with Gasteiger partial charge in [-0.05, 0) is 26.7 Å². The second-order valence-electron chi connectivity index (χ2n) is 6.43. The van der Waals surface area contributed by atoms with Crippen LogP contribution in [0.2, 0.25) is 0 Å². The van der Waals surface area contributed by atoms with Crippen molar-refractivity contribution in [2.24, 2.45) is 5.92 Å². The van der Waals surface area contributed by atoms with Crippen LogP contribution in [-0.2, 0) is 11.3 Å². The average molecular weight is 294 g/mol. The summed E-state index contributed by atoms with van der Waals surface area (Å²) in [4.78, 5) is 22.0. The van der Waals surface area contributed by atoms with Crippen molar-refractivity contribution in [3.63, 3.8) is 0 Å². The van der Waals surface area contributed by atoms with Gasteiger partial charge in [0.15, 0.2) is 5.13 Å². The number of piperazine rings is 1. The van der Waals surface area contributed by atoms with Gasteiger partial charge in [-0.15, -0.1) is 11.3 Å². The van der Waals surface area contributed by atoms with Crippen LogP contribution < -0.4 is 5.73 Å². The van der Waals surface area contributed by atoms with Crippen LogP contribution >= 0.6 is 11.3 Å².